The van der Waals surface area contributed by atoms with Crippen LogP contribution in [0.15, 0.2) is 51.0 Å². The zero-order valence-corrected chi connectivity index (χ0v) is 16.4. The lowest BCUT2D eigenvalue weighted by Crippen LogP contribution is -2.46. The van der Waals surface area contributed by atoms with Gasteiger partial charge in [-0.15, -0.1) is 10.2 Å². The topological polar surface area (TPSA) is 99.7 Å². The predicted molar refractivity (Wildman–Crippen MR) is 112 cm³/mol. The van der Waals surface area contributed by atoms with E-state index in [1.807, 2.05) is 24.3 Å². The number of aromatic hydroxyl groups is 1. The van der Waals surface area contributed by atoms with Crippen LogP contribution in [0.3, 0.4) is 0 Å². The molecule has 5 rings (SSSR count). The van der Waals surface area contributed by atoms with Crippen molar-refractivity contribution in [3.8, 4) is 11.5 Å². The van der Waals surface area contributed by atoms with Gasteiger partial charge in [0.15, 0.2) is 17.1 Å². The summed E-state index contributed by atoms with van der Waals surface area (Å²) in [6.07, 6.45) is 1.64. The summed E-state index contributed by atoms with van der Waals surface area (Å²) in [4.78, 5) is 15.0. The van der Waals surface area contributed by atoms with E-state index in [1.54, 1.807) is 23.1 Å². The summed E-state index contributed by atoms with van der Waals surface area (Å²) in [5, 5.41) is 22.8. The molecule has 0 unspecified atom stereocenters. The maximum atomic E-state index is 13.2. The van der Waals surface area contributed by atoms with E-state index in [1.165, 1.54) is 7.11 Å². The van der Waals surface area contributed by atoms with E-state index in [-0.39, 0.29) is 17.4 Å². The van der Waals surface area contributed by atoms with Gasteiger partial charge in [-0.05, 0) is 18.2 Å². The number of rotatable bonds is 3. The van der Waals surface area contributed by atoms with Crippen LogP contribution in [0.2, 0.25) is 0 Å². The Kier molecular flexibility index (Phi) is 4.48. The number of hydrogen-bond donors (Lipinski definition) is 2. The number of hydrogen-bond acceptors (Lipinski definition) is 7. The molecule has 0 atom stereocenters. The normalized spacial score (nSPS) is 17.0. The van der Waals surface area contributed by atoms with Gasteiger partial charge in [-0.1, -0.05) is 18.2 Å². The van der Waals surface area contributed by atoms with Crippen molar-refractivity contribution in [1.82, 2.24) is 10.2 Å². The van der Waals surface area contributed by atoms with E-state index in [9.17, 15) is 9.90 Å². The molecule has 30 heavy (non-hydrogen) atoms. The van der Waals surface area contributed by atoms with Crippen LogP contribution in [0.1, 0.15) is 21.7 Å². The third kappa shape index (κ3) is 2.93. The molecule has 0 spiro atoms. The van der Waals surface area contributed by atoms with Crippen molar-refractivity contribution in [2.45, 2.75) is 0 Å². The number of furan rings is 1. The molecule has 2 aliphatic heterocycles. The highest BCUT2D eigenvalue weighted by atomic mass is 16.5. The molecule has 2 N–H and O–H groups in total. The Hall–Kier alpha value is -3.65. The molecule has 152 valence electrons. The number of piperazine rings is 1. The first kappa shape index (κ1) is 18.4. The highest BCUT2D eigenvalue weighted by Gasteiger charge is 2.28. The van der Waals surface area contributed by atoms with E-state index in [4.69, 9.17) is 9.15 Å². The van der Waals surface area contributed by atoms with Crippen molar-refractivity contribution in [2.24, 2.45) is 10.2 Å². The van der Waals surface area contributed by atoms with Crippen LogP contribution in [0.4, 0.5) is 5.69 Å². The molecule has 0 radical (unpaired) electrons. The second-order valence-electron chi connectivity index (χ2n) is 7.12. The molecule has 0 aliphatic carbocycles. The fourth-order valence-electron chi connectivity index (χ4n) is 3.81. The zero-order valence-electron chi connectivity index (χ0n) is 16.4. The number of ether oxygens (including phenoxy) is 1. The summed E-state index contributed by atoms with van der Waals surface area (Å²) in [5.41, 5.74) is 2.81. The van der Waals surface area contributed by atoms with Crippen molar-refractivity contribution >= 4 is 34.3 Å². The smallest absolute Gasteiger partial charge is 0.261 e. The van der Waals surface area contributed by atoms with E-state index in [0.29, 0.717) is 41.1 Å². The number of nitrogens with one attached hydrogen (secondary N) is 1. The van der Waals surface area contributed by atoms with Crippen molar-refractivity contribution in [1.29, 1.82) is 0 Å². The van der Waals surface area contributed by atoms with Crippen LogP contribution >= 0.6 is 0 Å². The predicted octanol–water partition coefficient (Wildman–Crippen LogP) is 3.79. The quantitative estimate of drug-likeness (QED) is 0.692. The van der Waals surface area contributed by atoms with E-state index < -0.39 is 0 Å². The molecule has 1 saturated heterocycles. The maximum absolute atomic E-state index is 13.2. The van der Waals surface area contributed by atoms with Gasteiger partial charge >= 0.3 is 0 Å². The summed E-state index contributed by atoms with van der Waals surface area (Å²) in [7, 11) is 1.51. The summed E-state index contributed by atoms with van der Waals surface area (Å²) in [6.45, 7) is 2.66. The molecular weight excluding hydrogens is 384 g/mol. The first-order valence-electron chi connectivity index (χ1n) is 9.72. The van der Waals surface area contributed by atoms with E-state index in [2.05, 4.69) is 15.5 Å². The summed E-state index contributed by atoms with van der Waals surface area (Å²) in [6, 6.07) is 10.9. The Labute approximate surface area is 172 Å². The van der Waals surface area contributed by atoms with E-state index >= 15 is 0 Å². The van der Waals surface area contributed by atoms with Gasteiger partial charge in [0.25, 0.3) is 5.91 Å². The standard InChI is InChI=1S/C22H20N4O4/c1-29-17-7-6-14-20(27)18(12-16-13-4-2-3-5-15(13)24-25-16)30-21(14)19(17)22(28)26-10-8-23-9-11-26/h2-7,12,23,27H,8-11H2,1H3. The summed E-state index contributed by atoms with van der Waals surface area (Å²) < 4.78 is 11.4. The number of methoxy groups -OCH3 is 1. The number of benzene rings is 2. The first-order valence-corrected chi connectivity index (χ1v) is 9.72. The van der Waals surface area contributed by atoms with Crippen molar-refractivity contribution in [3.05, 3.63) is 53.3 Å². The molecule has 8 heteroatoms. The lowest BCUT2D eigenvalue weighted by Gasteiger charge is -2.27. The molecule has 3 heterocycles. The Bertz CT molecular complexity index is 1210. The number of nitrogens with zero attached hydrogens (tertiary/aromatic N) is 3. The fraction of sp³-hybridized carbons (Fsp3) is 0.227. The lowest BCUT2D eigenvalue weighted by atomic mass is 10.1. The minimum absolute atomic E-state index is 0.0471. The van der Waals surface area contributed by atoms with Crippen LogP contribution < -0.4 is 10.1 Å². The molecule has 0 saturated carbocycles. The largest absolute Gasteiger partial charge is 0.504 e. The van der Waals surface area contributed by atoms with Crippen LogP contribution in [0, 0.1) is 0 Å². The van der Waals surface area contributed by atoms with Crippen molar-refractivity contribution in [3.63, 3.8) is 0 Å². The van der Waals surface area contributed by atoms with Gasteiger partial charge in [-0.3, -0.25) is 4.79 Å². The minimum Gasteiger partial charge on any atom is -0.504 e. The Morgan fingerprint density at radius 3 is 2.80 bits per heavy atom. The average Bonchev–Trinajstić information content (AvgIpc) is 3.34. The van der Waals surface area contributed by atoms with Crippen molar-refractivity contribution in [2.75, 3.05) is 33.3 Å². The van der Waals surface area contributed by atoms with Gasteiger partial charge in [0.1, 0.15) is 11.3 Å². The molecule has 3 aromatic rings. The lowest BCUT2D eigenvalue weighted by molar-refractivity contribution is 0.0733. The second-order valence-corrected chi connectivity index (χ2v) is 7.12. The molecular formula is C22H20N4O4. The monoisotopic (exact) mass is 404 g/mol. The second kappa shape index (κ2) is 7.31. The van der Waals surface area contributed by atoms with Gasteiger partial charge in [-0.2, -0.15) is 0 Å². The molecule has 1 amide bonds. The summed E-state index contributed by atoms with van der Waals surface area (Å²) >= 11 is 0. The SMILES string of the molecule is COc1ccc2c(O)c(C=C3N=Nc4ccccc43)oc2c1C(=O)N1CCNCC1. The minimum atomic E-state index is -0.183. The number of carbonyl (C=O) groups excluding carboxylic acids is 1. The third-order valence-corrected chi connectivity index (χ3v) is 5.37. The molecule has 2 aliphatic rings. The van der Waals surface area contributed by atoms with Gasteiger partial charge in [0, 0.05) is 37.8 Å². The average molecular weight is 404 g/mol. The van der Waals surface area contributed by atoms with Gasteiger partial charge in [-0.25, -0.2) is 0 Å². The number of carbonyl (C=O) groups is 1. The number of fused-ring (bicyclic) bond motifs is 2. The van der Waals surface area contributed by atoms with Crippen molar-refractivity contribution < 1.29 is 19.1 Å². The molecule has 2 aromatic carbocycles. The molecule has 0 bridgehead atoms. The van der Waals surface area contributed by atoms with Gasteiger partial charge in [0.2, 0.25) is 0 Å². The Morgan fingerprint density at radius 2 is 2.00 bits per heavy atom. The number of azo groups is 1. The summed E-state index contributed by atoms with van der Waals surface area (Å²) in [5.74, 6) is 0.398. The highest BCUT2D eigenvalue weighted by Crippen LogP contribution is 2.42. The molecule has 1 fully saturated rings. The number of amides is 1. The first-order chi connectivity index (χ1) is 14.7. The zero-order chi connectivity index (χ0) is 20.7. The Morgan fingerprint density at radius 1 is 1.20 bits per heavy atom. The van der Waals surface area contributed by atoms with Crippen LogP contribution in [-0.2, 0) is 0 Å². The van der Waals surface area contributed by atoms with Crippen LogP contribution in [0.25, 0.3) is 22.7 Å². The fourth-order valence-corrected chi connectivity index (χ4v) is 3.81. The van der Waals surface area contributed by atoms with Crippen LogP contribution in [0.5, 0.6) is 11.5 Å². The Balaban J connectivity index is 1.63. The van der Waals surface area contributed by atoms with Crippen LogP contribution in [-0.4, -0.2) is 49.2 Å². The van der Waals surface area contributed by atoms with E-state index in [0.717, 1.165) is 24.3 Å². The van der Waals surface area contributed by atoms with Gasteiger partial charge in [0.05, 0.1) is 23.9 Å². The highest BCUT2D eigenvalue weighted by molar-refractivity contribution is 6.09. The van der Waals surface area contributed by atoms with Gasteiger partial charge < -0.3 is 24.5 Å². The molecule has 8 nitrogen and oxygen atoms in total. The maximum Gasteiger partial charge on any atom is 0.261 e. The third-order valence-electron chi connectivity index (χ3n) is 5.37. The molecule has 1 aromatic heterocycles.